The van der Waals surface area contributed by atoms with Crippen molar-refractivity contribution in [2.24, 2.45) is 0 Å². The SMILES string of the molecule is CCCCCCOc1ccc(-c2cc(-c3ccc(C)cc3)c(-c3nn[nH]n3)c(=O)[nH]2)cc1. The quantitative estimate of drug-likeness (QED) is 0.358. The highest BCUT2D eigenvalue weighted by atomic mass is 16.5. The molecule has 0 aliphatic carbocycles. The molecule has 2 aromatic carbocycles. The molecule has 164 valence electrons. The van der Waals surface area contributed by atoms with Gasteiger partial charge in [0.1, 0.15) is 5.75 Å². The van der Waals surface area contributed by atoms with E-state index in [0.717, 1.165) is 34.4 Å². The molecule has 2 N–H and O–H groups in total. The molecule has 0 saturated heterocycles. The Morgan fingerprint density at radius 2 is 1.69 bits per heavy atom. The van der Waals surface area contributed by atoms with Crippen molar-refractivity contribution in [1.82, 2.24) is 25.6 Å². The molecule has 0 bridgehead atoms. The van der Waals surface area contributed by atoms with Crippen LogP contribution >= 0.6 is 0 Å². The van der Waals surface area contributed by atoms with E-state index >= 15 is 0 Å². The maximum Gasteiger partial charge on any atom is 0.260 e. The number of aromatic amines is 2. The standard InChI is InChI=1S/C25H27N5O2/c1-3-4-5-6-15-32-20-13-11-19(12-14-20)22-16-21(18-9-7-17(2)8-10-18)23(25(31)26-22)24-27-29-30-28-24/h7-14,16H,3-6,15H2,1-2H3,(H,26,31)(H,27,28,29,30). The Hall–Kier alpha value is -3.74. The van der Waals surface area contributed by atoms with E-state index in [-0.39, 0.29) is 11.4 Å². The van der Waals surface area contributed by atoms with Crippen molar-refractivity contribution in [2.45, 2.75) is 39.5 Å². The van der Waals surface area contributed by atoms with Crippen LogP contribution in [0.15, 0.2) is 59.4 Å². The molecular formula is C25H27N5O2. The lowest BCUT2D eigenvalue weighted by atomic mass is 9.97. The molecule has 32 heavy (non-hydrogen) atoms. The fourth-order valence-electron chi connectivity index (χ4n) is 3.62. The topological polar surface area (TPSA) is 96.6 Å². The van der Waals surface area contributed by atoms with Crippen molar-refractivity contribution in [3.63, 3.8) is 0 Å². The predicted octanol–water partition coefficient (Wildman–Crippen LogP) is 5.16. The summed E-state index contributed by atoms with van der Waals surface area (Å²) >= 11 is 0. The second-order valence-electron chi connectivity index (χ2n) is 7.84. The first-order valence-electron chi connectivity index (χ1n) is 11.0. The number of benzene rings is 2. The van der Waals surface area contributed by atoms with Crippen LogP contribution in [0.5, 0.6) is 5.75 Å². The molecule has 7 heteroatoms. The van der Waals surface area contributed by atoms with E-state index in [1.165, 1.54) is 19.3 Å². The molecule has 0 fully saturated rings. The van der Waals surface area contributed by atoms with Gasteiger partial charge in [0.2, 0.25) is 5.82 Å². The minimum absolute atomic E-state index is 0.264. The van der Waals surface area contributed by atoms with Crippen molar-refractivity contribution in [2.75, 3.05) is 6.61 Å². The molecule has 0 atom stereocenters. The zero-order valence-electron chi connectivity index (χ0n) is 18.4. The van der Waals surface area contributed by atoms with Gasteiger partial charge in [0.05, 0.1) is 12.2 Å². The number of nitrogens with one attached hydrogen (secondary N) is 2. The number of tetrazole rings is 1. The Morgan fingerprint density at radius 3 is 2.38 bits per heavy atom. The smallest absolute Gasteiger partial charge is 0.260 e. The number of hydrogen-bond acceptors (Lipinski definition) is 5. The molecule has 2 heterocycles. The average Bonchev–Trinajstić information content (AvgIpc) is 3.34. The fourth-order valence-corrected chi connectivity index (χ4v) is 3.62. The molecule has 7 nitrogen and oxygen atoms in total. The van der Waals surface area contributed by atoms with E-state index in [1.54, 1.807) is 0 Å². The van der Waals surface area contributed by atoms with Crippen molar-refractivity contribution < 1.29 is 4.74 Å². The number of aromatic nitrogens is 5. The van der Waals surface area contributed by atoms with Crippen molar-refractivity contribution in [3.8, 4) is 39.5 Å². The molecule has 0 radical (unpaired) electrons. The van der Waals surface area contributed by atoms with Gasteiger partial charge < -0.3 is 9.72 Å². The van der Waals surface area contributed by atoms with Crippen LogP contribution in [-0.4, -0.2) is 32.2 Å². The minimum Gasteiger partial charge on any atom is -0.494 e. The maximum absolute atomic E-state index is 13.1. The van der Waals surface area contributed by atoms with E-state index in [2.05, 4.69) is 32.5 Å². The van der Waals surface area contributed by atoms with E-state index < -0.39 is 0 Å². The maximum atomic E-state index is 13.1. The van der Waals surface area contributed by atoms with Crippen LogP contribution in [0.4, 0.5) is 0 Å². The molecule has 0 unspecified atom stereocenters. The van der Waals surface area contributed by atoms with Gasteiger partial charge in [0.15, 0.2) is 0 Å². The third-order valence-corrected chi connectivity index (χ3v) is 5.40. The Balaban J connectivity index is 1.65. The lowest BCUT2D eigenvalue weighted by Crippen LogP contribution is -2.12. The van der Waals surface area contributed by atoms with Gasteiger partial charge in [0, 0.05) is 11.3 Å². The Kier molecular flexibility index (Phi) is 6.75. The second-order valence-corrected chi connectivity index (χ2v) is 7.84. The van der Waals surface area contributed by atoms with Crippen LogP contribution < -0.4 is 10.3 Å². The van der Waals surface area contributed by atoms with Crippen LogP contribution in [0.25, 0.3) is 33.8 Å². The van der Waals surface area contributed by atoms with E-state index in [0.29, 0.717) is 17.9 Å². The molecule has 4 aromatic rings. The number of H-pyrrole nitrogens is 2. The Morgan fingerprint density at radius 1 is 0.938 bits per heavy atom. The summed E-state index contributed by atoms with van der Waals surface area (Å²) in [5, 5.41) is 14.1. The highest BCUT2D eigenvalue weighted by Gasteiger charge is 2.18. The largest absolute Gasteiger partial charge is 0.494 e. The monoisotopic (exact) mass is 429 g/mol. The summed E-state index contributed by atoms with van der Waals surface area (Å²) in [5.74, 6) is 1.09. The first kappa shape index (κ1) is 21.5. The number of hydrogen-bond donors (Lipinski definition) is 2. The molecule has 0 saturated carbocycles. The third-order valence-electron chi connectivity index (χ3n) is 5.40. The molecule has 0 aliphatic rings. The Bertz CT molecular complexity index is 1200. The van der Waals surface area contributed by atoms with E-state index in [9.17, 15) is 4.79 Å². The summed E-state index contributed by atoms with van der Waals surface area (Å²) in [6, 6.07) is 17.8. The van der Waals surface area contributed by atoms with Gasteiger partial charge in [-0.25, -0.2) is 0 Å². The van der Waals surface area contributed by atoms with Crippen molar-refractivity contribution in [1.29, 1.82) is 0 Å². The Labute approximate surface area is 186 Å². The summed E-state index contributed by atoms with van der Waals surface area (Å²) < 4.78 is 5.84. The number of unbranched alkanes of at least 4 members (excludes halogenated alkanes) is 3. The first-order valence-corrected chi connectivity index (χ1v) is 11.0. The average molecular weight is 430 g/mol. The van der Waals surface area contributed by atoms with Crippen LogP contribution in [0, 0.1) is 6.92 Å². The minimum atomic E-state index is -0.268. The molecular weight excluding hydrogens is 402 g/mol. The van der Waals surface area contributed by atoms with Crippen LogP contribution in [0.1, 0.15) is 38.2 Å². The zero-order valence-corrected chi connectivity index (χ0v) is 18.4. The van der Waals surface area contributed by atoms with E-state index in [1.807, 2.05) is 61.5 Å². The van der Waals surface area contributed by atoms with Gasteiger partial charge >= 0.3 is 0 Å². The molecule has 0 aliphatic heterocycles. The number of aryl methyl sites for hydroxylation is 1. The molecule has 0 spiro atoms. The fraction of sp³-hybridized carbons (Fsp3) is 0.280. The number of nitrogens with zero attached hydrogens (tertiary/aromatic N) is 3. The highest BCUT2D eigenvalue weighted by molar-refractivity contribution is 5.83. The van der Waals surface area contributed by atoms with Gasteiger partial charge in [-0.1, -0.05) is 56.0 Å². The lowest BCUT2D eigenvalue weighted by molar-refractivity contribution is 0.305. The molecule has 0 amide bonds. The van der Waals surface area contributed by atoms with Gasteiger partial charge in [-0.2, -0.15) is 5.21 Å². The number of pyridine rings is 1. The predicted molar refractivity (Wildman–Crippen MR) is 125 cm³/mol. The molecule has 4 rings (SSSR count). The summed E-state index contributed by atoms with van der Waals surface area (Å²) in [7, 11) is 0. The number of ether oxygens (including phenoxy) is 1. The van der Waals surface area contributed by atoms with E-state index in [4.69, 9.17) is 4.74 Å². The van der Waals surface area contributed by atoms with Crippen molar-refractivity contribution in [3.05, 3.63) is 70.5 Å². The highest BCUT2D eigenvalue weighted by Crippen LogP contribution is 2.31. The van der Waals surface area contributed by atoms with Crippen molar-refractivity contribution >= 4 is 0 Å². The van der Waals surface area contributed by atoms with Crippen LogP contribution in [-0.2, 0) is 0 Å². The number of rotatable bonds is 9. The van der Waals surface area contributed by atoms with Crippen LogP contribution in [0.2, 0.25) is 0 Å². The summed E-state index contributed by atoms with van der Waals surface area (Å²) in [6.07, 6.45) is 4.69. The summed E-state index contributed by atoms with van der Waals surface area (Å²) in [4.78, 5) is 16.0. The second kappa shape index (κ2) is 10.0. The van der Waals surface area contributed by atoms with Crippen LogP contribution in [0.3, 0.4) is 0 Å². The van der Waals surface area contributed by atoms with Gasteiger partial charge in [-0.05, 0) is 60.0 Å². The van der Waals surface area contributed by atoms with Gasteiger partial charge in [-0.15, -0.1) is 10.2 Å². The summed E-state index contributed by atoms with van der Waals surface area (Å²) in [6.45, 7) is 4.94. The zero-order chi connectivity index (χ0) is 22.3. The first-order chi connectivity index (χ1) is 15.7. The summed E-state index contributed by atoms with van der Waals surface area (Å²) in [5.41, 5.74) is 4.54. The molecule has 2 aromatic heterocycles. The normalized spacial score (nSPS) is 10.9. The van der Waals surface area contributed by atoms with Gasteiger partial charge in [-0.3, -0.25) is 4.79 Å². The lowest BCUT2D eigenvalue weighted by Gasteiger charge is -2.11. The third kappa shape index (κ3) is 4.94. The van der Waals surface area contributed by atoms with Gasteiger partial charge in [0.25, 0.3) is 5.56 Å².